The first-order chi connectivity index (χ1) is 16.2. The Morgan fingerprint density at radius 2 is 1.79 bits per heavy atom. The number of amides is 1. The lowest BCUT2D eigenvalue weighted by atomic mass is 9.81. The van der Waals surface area contributed by atoms with Crippen LogP contribution in [0.1, 0.15) is 37.6 Å². The molecule has 0 bridgehead atoms. The SMILES string of the molecule is COc1cc(-n2cnc3cc(-c4cnn(C)c4)ccc32)cc(OC)c1C(=O)N1C(C)CC1(C)C. The second-order valence-electron chi connectivity index (χ2n) is 9.49. The molecule has 8 heteroatoms. The van der Waals surface area contributed by atoms with Crippen LogP contribution in [0.25, 0.3) is 27.8 Å². The number of ether oxygens (including phenoxy) is 2. The molecule has 1 fully saturated rings. The molecule has 3 heterocycles. The van der Waals surface area contributed by atoms with E-state index in [2.05, 4.69) is 36.9 Å². The Labute approximate surface area is 198 Å². The fraction of sp³-hybridized carbons (Fsp3) is 0.346. The third-order valence-corrected chi connectivity index (χ3v) is 6.67. The fourth-order valence-electron chi connectivity index (χ4n) is 5.21. The van der Waals surface area contributed by atoms with Crippen LogP contribution in [0, 0.1) is 0 Å². The van der Waals surface area contributed by atoms with Gasteiger partial charge in [-0.2, -0.15) is 5.10 Å². The van der Waals surface area contributed by atoms with Crippen molar-refractivity contribution in [1.29, 1.82) is 0 Å². The van der Waals surface area contributed by atoms with Crippen molar-refractivity contribution in [3.8, 4) is 28.3 Å². The Morgan fingerprint density at radius 1 is 1.09 bits per heavy atom. The standard InChI is InChI=1S/C26H29N5O3/c1-16-12-26(2,3)31(16)25(32)24-22(33-5)10-19(11-23(24)34-6)30-15-27-20-9-17(7-8-21(20)30)18-13-28-29(4)14-18/h7-11,13-16H,12H2,1-6H3. The molecule has 4 aromatic rings. The Kier molecular flexibility index (Phi) is 5.11. The highest BCUT2D eigenvalue weighted by Gasteiger charge is 2.46. The summed E-state index contributed by atoms with van der Waals surface area (Å²) >= 11 is 0. The summed E-state index contributed by atoms with van der Waals surface area (Å²) in [6.07, 6.45) is 6.55. The number of nitrogens with zero attached hydrogens (tertiary/aromatic N) is 5. The molecule has 0 spiro atoms. The minimum absolute atomic E-state index is 0.0828. The molecule has 1 aliphatic heterocycles. The topological polar surface area (TPSA) is 74.4 Å². The van der Waals surface area contributed by atoms with Gasteiger partial charge in [-0.1, -0.05) is 6.07 Å². The van der Waals surface area contributed by atoms with Crippen LogP contribution in [0.4, 0.5) is 0 Å². The van der Waals surface area contributed by atoms with Crippen molar-refractivity contribution < 1.29 is 14.3 Å². The highest BCUT2D eigenvalue weighted by Crippen LogP contribution is 2.41. The molecule has 2 aromatic heterocycles. The first kappa shape index (κ1) is 22.0. The molecular formula is C26H29N5O3. The Balaban J connectivity index is 1.58. The van der Waals surface area contributed by atoms with E-state index < -0.39 is 0 Å². The third-order valence-electron chi connectivity index (χ3n) is 6.67. The van der Waals surface area contributed by atoms with Gasteiger partial charge in [0.15, 0.2) is 0 Å². The average Bonchev–Trinajstić information content (AvgIpc) is 3.43. The minimum Gasteiger partial charge on any atom is -0.496 e. The van der Waals surface area contributed by atoms with Crippen LogP contribution in [0.5, 0.6) is 11.5 Å². The van der Waals surface area contributed by atoms with Crippen molar-refractivity contribution in [3.05, 3.63) is 54.6 Å². The van der Waals surface area contributed by atoms with Crippen molar-refractivity contribution >= 4 is 16.9 Å². The number of fused-ring (bicyclic) bond motifs is 1. The van der Waals surface area contributed by atoms with E-state index in [1.54, 1.807) is 25.2 Å². The molecule has 5 rings (SSSR count). The molecular weight excluding hydrogens is 430 g/mol. The van der Waals surface area contributed by atoms with Gasteiger partial charge in [0.25, 0.3) is 5.91 Å². The van der Waals surface area contributed by atoms with E-state index in [0.29, 0.717) is 17.1 Å². The Hall–Kier alpha value is -3.81. The molecule has 2 aromatic carbocycles. The van der Waals surface area contributed by atoms with Crippen molar-refractivity contribution in [3.63, 3.8) is 0 Å². The van der Waals surface area contributed by atoms with Crippen LogP contribution in [-0.2, 0) is 7.05 Å². The van der Waals surface area contributed by atoms with Crippen molar-refractivity contribution in [2.45, 2.75) is 38.8 Å². The zero-order valence-corrected chi connectivity index (χ0v) is 20.4. The number of benzene rings is 2. The number of carbonyl (C=O) groups is 1. The number of hydrogen-bond acceptors (Lipinski definition) is 5. The Morgan fingerprint density at radius 3 is 2.35 bits per heavy atom. The number of hydrogen-bond donors (Lipinski definition) is 0. The summed E-state index contributed by atoms with van der Waals surface area (Å²) in [6, 6.07) is 10.0. The van der Waals surface area contributed by atoms with Gasteiger partial charge in [-0.25, -0.2) is 4.98 Å². The van der Waals surface area contributed by atoms with Gasteiger partial charge in [-0.15, -0.1) is 0 Å². The van der Waals surface area contributed by atoms with Crippen molar-refractivity contribution in [2.24, 2.45) is 7.05 Å². The smallest absolute Gasteiger partial charge is 0.262 e. The zero-order chi connectivity index (χ0) is 24.2. The average molecular weight is 460 g/mol. The van der Waals surface area contributed by atoms with Gasteiger partial charge in [0.1, 0.15) is 23.4 Å². The highest BCUT2D eigenvalue weighted by molar-refractivity contribution is 6.01. The molecule has 1 saturated heterocycles. The lowest BCUT2D eigenvalue weighted by molar-refractivity contribution is -0.0204. The lowest BCUT2D eigenvalue weighted by Crippen LogP contribution is -2.63. The van der Waals surface area contributed by atoms with Gasteiger partial charge >= 0.3 is 0 Å². The molecule has 0 radical (unpaired) electrons. The van der Waals surface area contributed by atoms with Crippen molar-refractivity contribution in [2.75, 3.05) is 14.2 Å². The summed E-state index contributed by atoms with van der Waals surface area (Å²) in [5.41, 5.74) is 4.93. The third kappa shape index (κ3) is 3.41. The predicted octanol–water partition coefficient (Wildman–Crippen LogP) is 4.46. The van der Waals surface area contributed by atoms with Crippen LogP contribution < -0.4 is 9.47 Å². The van der Waals surface area contributed by atoms with Crippen molar-refractivity contribution in [1.82, 2.24) is 24.2 Å². The molecule has 0 aliphatic carbocycles. The fourth-order valence-corrected chi connectivity index (χ4v) is 5.21. The molecule has 34 heavy (non-hydrogen) atoms. The summed E-state index contributed by atoms with van der Waals surface area (Å²) in [4.78, 5) is 20.1. The Bertz CT molecular complexity index is 1380. The quantitative estimate of drug-likeness (QED) is 0.441. The number of likely N-dealkylation sites (tertiary alicyclic amines) is 1. The van der Waals surface area contributed by atoms with Gasteiger partial charge < -0.3 is 14.4 Å². The maximum absolute atomic E-state index is 13.5. The number of aryl methyl sites for hydroxylation is 1. The maximum atomic E-state index is 13.5. The summed E-state index contributed by atoms with van der Waals surface area (Å²) in [7, 11) is 5.05. The number of carbonyl (C=O) groups excluding carboxylic acids is 1. The minimum atomic E-state index is -0.197. The van der Waals surface area contributed by atoms with E-state index in [1.165, 1.54) is 0 Å². The summed E-state index contributed by atoms with van der Waals surface area (Å²) in [6.45, 7) is 6.22. The predicted molar refractivity (Wildman–Crippen MR) is 131 cm³/mol. The maximum Gasteiger partial charge on any atom is 0.262 e. The van der Waals surface area contributed by atoms with Crippen LogP contribution in [0.15, 0.2) is 49.1 Å². The van der Waals surface area contributed by atoms with E-state index >= 15 is 0 Å². The lowest BCUT2D eigenvalue weighted by Gasteiger charge is -2.54. The highest BCUT2D eigenvalue weighted by atomic mass is 16.5. The molecule has 176 valence electrons. The molecule has 1 aliphatic rings. The van der Waals surface area contributed by atoms with Gasteiger partial charge in [0.05, 0.1) is 37.1 Å². The summed E-state index contributed by atoms with van der Waals surface area (Å²) in [5, 5.41) is 4.25. The molecule has 1 amide bonds. The van der Waals surface area contributed by atoms with E-state index in [1.807, 2.05) is 53.2 Å². The summed E-state index contributed by atoms with van der Waals surface area (Å²) in [5.74, 6) is 0.867. The first-order valence-electron chi connectivity index (χ1n) is 11.3. The molecule has 1 atom stereocenters. The normalized spacial score (nSPS) is 17.0. The van der Waals surface area contributed by atoms with Crippen LogP contribution in [0.3, 0.4) is 0 Å². The van der Waals surface area contributed by atoms with Crippen LogP contribution >= 0.6 is 0 Å². The van der Waals surface area contributed by atoms with Crippen LogP contribution in [-0.4, -0.2) is 55.9 Å². The molecule has 0 N–H and O–H groups in total. The zero-order valence-electron chi connectivity index (χ0n) is 20.4. The van der Waals surface area contributed by atoms with E-state index in [-0.39, 0.29) is 17.5 Å². The number of imidazole rings is 1. The summed E-state index contributed by atoms with van der Waals surface area (Å²) < 4.78 is 15.1. The van der Waals surface area contributed by atoms with Gasteiger partial charge in [-0.3, -0.25) is 14.0 Å². The monoisotopic (exact) mass is 459 g/mol. The van der Waals surface area contributed by atoms with Gasteiger partial charge in [0.2, 0.25) is 0 Å². The number of aromatic nitrogens is 4. The number of rotatable bonds is 5. The van der Waals surface area contributed by atoms with E-state index in [4.69, 9.17) is 9.47 Å². The number of methoxy groups -OCH3 is 2. The molecule has 1 unspecified atom stereocenters. The molecule has 8 nitrogen and oxygen atoms in total. The van der Waals surface area contributed by atoms with Crippen LogP contribution in [0.2, 0.25) is 0 Å². The van der Waals surface area contributed by atoms with E-state index in [0.717, 1.165) is 34.3 Å². The van der Waals surface area contributed by atoms with Gasteiger partial charge in [-0.05, 0) is 44.9 Å². The second kappa shape index (κ2) is 7.90. The van der Waals surface area contributed by atoms with E-state index in [9.17, 15) is 4.79 Å². The van der Waals surface area contributed by atoms with Gasteiger partial charge in [0, 0.05) is 42.5 Å². The largest absolute Gasteiger partial charge is 0.496 e. The first-order valence-corrected chi connectivity index (χ1v) is 11.3. The second-order valence-corrected chi connectivity index (χ2v) is 9.49. The molecule has 0 saturated carbocycles.